The van der Waals surface area contributed by atoms with Crippen molar-refractivity contribution in [2.24, 2.45) is 0 Å². The Balaban J connectivity index is 2.95. The SMILES string of the molecule is Cc1[nH]c2c(C)cccc2c1Br. The van der Waals surface area contributed by atoms with Gasteiger partial charge in [0.15, 0.2) is 0 Å². The van der Waals surface area contributed by atoms with Gasteiger partial charge in [-0.05, 0) is 35.3 Å². The summed E-state index contributed by atoms with van der Waals surface area (Å²) >= 11 is 3.55. The maximum Gasteiger partial charge on any atom is 0.0497 e. The minimum Gasteiger partial charge on any atom is -0.357 e. The number of rotatable bonds is 0. The molecule has 0 amide bonds. The molecule has 1 nitrogen and oxygen atoms in total. The molecule has 1 N–H and O–H groups in total. The van der Waals surface area contributed by atoms with Crippen molar-refractivity contribution in [3.63, 3.8) is 0 Å². The average molecular weight is 224 g/mol. The largest absolute Gasteiger partial charge is 0.357 e. The number of fused-ring (bicyclic) bond motifs is 1. The van der Waals surface area contributed by atoms with Crippen LogP contribution in [0, 0.1) is 13.8 Å². The van der Waals surface area contributed by atoms with Gasteiger partial charge in [0.05, 0.1) is 0 Å². The zero-order valence-corrected chi connectivity index (χ0v) is 8.70. The standard InChI is InChI=1S/C10H10BrN/c1-6-4-3-5-8-9(11)7(2)12-10(6)8/h3-5,12H,1-2H3. The second kappa shape index (κ2) is 2.63. The summed E-state index contributed by atoms with van der Waals surface area (Å²) < 4.78 is 1.18. The Hall–Kier alpha value is -0.760. The van der Waals surface area contributed by atoms with Gasteiger partial charge in [-0.2, -0.15) is 0 Å². The van der Waals surface area contributed by atoms with Crippen molar-refractivity contribution in [3.05, 3.63) is 33.9 Å². The lowest BCUT2D eigenvalue weighted by Gasteiger charge is -1.93. The smallest absolute Gasteiger partial charge is 0.0497 e. The fourth-order valence-electron chi connectivity index (χ4n) is 1.46. The number of aromatic amines is 1. The van der Waals surface area contributed by atoms with Gasteiger partial charge in [0.1, 0.15) is 0 Å². The van der Waals surface area contributed by atoms with Gasteiger partial charge in [0.25, 0.3) is 0 Å². The Morgan fingerprint density at radius 3 is 2.67 bits per heavy atom. The zero-order chi connectivity index (χ0) is 8.72. The number of H-pyrrole nitrogens is 1. The van der Waals surface area contributed by atoms with E-state index in [-0.39, 0.29) is 0 Å². The van der Waals surface area contributed by atoms with Crippen molar-refractivity contribution in [1.82, 2.24) is 4.98 Å². The van der Waals surface area contributed by atoms with Crippen molar-refractivity contribution in [2.75, 3.05) is 0 Å². The highest BCUT2D eigenvalue weighted by atomic mass is 79.9. The van der Waals surface area contributed by atoms with Gasteiger partial charge in [0, 0.05) is 21.1 Å². The molecule has 2 heteroatoms. The Morgan fingerprint density at radius 2 is 2.00 bits per heavy atom. The lowest BCUT2D eigenvalue weighted by atomic mass is 10.2. The summed E-state index contributed by atoms with van der Waals surface area (Å²) in [6.07, 6.45) is 0. The average Bonchev–Trinajstić information content (AvgIpc) is 2.32. The molecule has 1 aromatic heterocycles. The van der Waals surface area contributed by atoms with Crippen LogP contribution in [-0.2, 0) is 0 Å². The number of hydrogen-bond donors (Lipinski definition) is 1. The molecule has 0 fully saturated rings. The van der Waals surface area contributed by atoms with Gasteiger partial charge >= 0.3 is 0 Å². The molecule has 1 heterocycles. The van der Waals surface area contributed by atoms with Crippen LogP contribution >= 0.6 is 15.9 Å². The predicted molar refractivity (Wildman–Crippen MR) is 55.5 cm³/mol. The molecule has 0 saturated carbocycles. The Kier molecular flexibility index (Phi) is 1.72. The fourth-order valence-corrected chi connectivity index (χ4v) is 1.89. The Morgan fingerprint density at radius 1 is 1.25 bits per heavy atom. The third-order valence-electron chi connectivity index (χ3n) is 2.15. The molecular weight excluding hydrogens is 214 g/mol. The van der Waals surface area contributed by atoms with Gasteiger partial charge in [0.2, 0.25) is 0 Å². The van der Waals surface area contributed by atoms with E-state index in [0.717, 1.165) is 0 Å². The molecule has 0 aliphatic heterocycles. The van der Waals surface area contributed by atoms with E-state index in [1.165, 1.54) is 26.6 Å². The summed E-state index contributed by atoms with van der Waals surface area (Å²) in [7, 11) is 0. The first kappa shape index (κ1) is 7.87. The number of aryl methyl sites for hydroxylation is 2. The highest BCUT2D eigenvalue weighted by Crippen LogP contribution is 2.28. The van der Waals surface area contributed by atoms with Gasteiger partial charge in [-0.15, -0.1) is 0 Å². The summed E-state index contributed by atoms with van der Waals surface area (Å²) in [6.45, 7) is 4.19. The minimum absolute atomic E-state index is 1.18. The summed E-state index contributed by atoms with van der Waals surface area (Å²) in [6, 6.07) is 6.32. The van der Waals surface area contributed by atoms with Gasteiger partial charge in [-0.1, -0.05) is 18.2 Å². The van der Waals surface area contributed by atoms with Crippen LogP contribution in [-0.4, -0.2) is 4.98 Å². The van der Waals surface area contributed by atoms with Crippen LogP contribution < -0.4 is 0 Å². The maximum atomic E-state index is 3.55. The number of aromatic nitrogens is 1. The molecule has 0 unspecified atom stereocenters. The maximum absolute atomic E-state index is 3.55. The van der Waals surface area contributed by atoms with Gasteiger partial charge < -0.3 is 4.98 Å². The van der Waals surface area contributed by atoms with Crippen molar-refractivity contribution >= 4 is 26.8 Å². The molecule has 0 aliphatic rings. The Labute approximate surface area is 79.9 Å². The molecule has 1 aromatic carbocycles. The number of para-hydroxylation sites is 1. The molecule has 62 valence electrons. The second-order valence-corrected chi connectivity index (χ2v) is 3.85. The predicted octanol–water partition coefficient (Wildman–Crippen LogP) is 3.55. The van der Waals surface area contributed by atoms with Gasteiger partial charge in [-0.3, -0.25) is 0 Å². The molecule has 0 bridgehead atoms. The zero-order valence-electron chi connectivity index (χ0n) is 7.11. The van der Waals surface area contributed by atoms with Crippen LogP contribution in [0.5, 0.6) is 0 Å². The van der Waals surface area contributed by atoms with Crippen LogP contribution in [0.1, 0.15) is 11.3 Å². The van der Waals surface area contributed by atoms with Crippen LogP contribution in [0.2, 0.25) is 0 Å². The highest BCUT2D eigenvalue weighted by Gasteiger charge is 2.05. The molecule has 2 rings (SSSR count). The van der Waals surface area contributed by atoms with E-state index in [1.54, 1.807) is 0 Å². The number of nitrogens with one attached hydrogen (secondary N) is 1. The molecule has 0 aliphatic carbocycles. The van der Waals surface area contributed by atoms with Crippen LogP contribution in [0.4, 0.5) is 0 Å². The van der Waals surface area contributed by atoms with E-state index in [1.807, 2.05) is 0 Å². The van der Waals surface area contributed by atoms with Crippen LogP contribution in [0.15, 0.2) is 22.7 Å². The minimum atomic E-state index is 1.18. The Bertz CT molecular complexity index is 429. The van der Waals surface area contributed by atoms with E-state index in [0.29, 0.717) is 0 Å². The first-order valence-corrected chi connectivity index (χ1v) is 4.73. The van der Waals surface area contributed by atoms with E-state index in [2.05, 4.69) is 53.0 Å². The van der Waals surface area contributed by atoms with Gasteiger partial charge in [-0.25, -0.2) is 0 Å². The summed E-state index contributed by atoms with van der Waals surface area (Å²) in [5.74, 6) is 0. The summed E-state index contributed by atoms with van der Waals surface area (Å²) in [5, 5.41) is 1.27. The fraction of sp³-hybridized carbons (Fsp3) is 0.200. The summed E-state index contributed by atoms with van der Waals surface area (Å²) in [5.41, 5.74) is 3.72. The molecule has 2 aromatic rings. The first-order valence-electron chi connectivity index (χ1n) is 3.93. The highest BCUT2D eigenvalue weighted by molar-refractivity contribution is 9.10. The van der Waals surface area contributed by atoms with E-state index < -0.39 is 0 Å². The first-order chi connectivity index (χ1) is 5.70. The lowest BCUT2D eigenvalue weighted by Crippen LogP contribution is -1.74. The molecule has 0 atom stereocenters. The normalized spacial score (nSPS) is 10.9. The van der Waals surface area contributed by atoms with Crippen LogP contribution in [0.25, 0.3) is 10.9 Å². The van der Waals surface area contributed by atoms with E-state index >= 15 is 0 Å². The van der Waals surface area contributed by atoms with Crippen molar-refractivity contribution in [1.29, 1.82) is 0 Å². The quantitative estimate of drug-likeness (QED) is 0.704. The third kappa shape index (κ3) is 0.985. The second-order valence-electron chi connectivity index (χ2n) is 3.06. The topological polar surface area (TPSA) is 15.8 Å². The van der Waals surface area contributed by atoms with E-state index in [4.69, 9.17) is 0 Å². The third-order valence-corrected chi connectivity index (χ3v) is 3.17. The van der Waals surface area contributed by atoms with Crippen LogP contribution in [0.3, 0.4) is 0 Å². The molecule has 0 radical (unpaired) electrons. The monoisotopic (exact) mass is 223 g/mol. The number of halogens is 1. The van der Waals surface area contributed by atoms with Crippen molar-refractivity contribution < 1.29 is 0 Å². The lowest BCUT2D eigenvalue weighted by molar-refractivity contribution is 1.27. The number of hydrogen-bond acceptors (Lipinski definition) is 0. The number of benzene rings is 1. The molecule has 0 spiro atoms. The van der Waals surface area contributed by atoms with Crippen molar-refractivity contribution in [2.45, 2.75) is 13.8 Å². The molecule has 0 saturated heterocycles. The molecule has 12 heavy (non-hydrogen) atoms. The van der Waals surface area contributed by atoms with E-state index in [9.17, 15) is 0 Å². The summed E-state index contributed by atoms with van der Waals surface area (Å²) in [4.78, 5) is 3.35. The van der Waals surface area contributed by atoms with Crippen molar-refractivity contribution in [3.8, 4) is 0 Å². The molecular formula is C10H10BrN.